The van der Waals surface area contributed by atoms with Gasteiger partial charge >= 0.3 is 11.7 Å². The van der Waals surface area contributed by atoms with E-state index in [9.17, 15) is 14.9 Å². The topological polar surface area (TPSA) is 131 Å². The standard InChI is InChI=1S/C11H16N4O4S/c12-8(11(16)17)4-1-2-7-14-20-10-9(15(18)19)5-3-6-13-10/h3,5-6,8,14H,1-2,4,7,12H2,(H,16,17)/t8-/m0/s1. The normalized spacial score (nSPS) is 12.1. The molecule has 0 radical (unpaired) electrons. The summed E-state index contributed by atoms with van der Waals surface area (Å²) >= 11 is 1.09. The molecule has 8 nitrogen and oxygen atoms in total. The molecule has 1 atom stereocenters. The van der Waals surface area contributed by atoms with Crippen LogP contribution in [0.2, 0.25) is 0 Å². The Morgan fingerprint density at radius 2 is 2.35 bits per heavy atom. The monoisotopic (exact) mass is 300 g/mol. The highest BCUT2D eigenvalue weighted by molar-refractivity contribution is 7.97. The van der Waals surface area contributed by atoms with Crippen LogP contribution in [0, 0.1) is 10.1 Å². The van der Waals surface area contributed by atoms with E-state index < -0.39 is 16.9 Å². The Morgan fingerprint density at radius 1 is 1.60 bits per heavy atom. The highest BCUT2D eigenvalue weighted by Gasteiger charge is 2.14. The second-order valence-corrected chi connectivity index (χ2v) is 4.90. The first kappa shape index (κ1) is 16.3. The number of nitrogens with one attached hydrogen (secondary N) is 1. The van der Waals surface area contributed by atoms with E-state index in [-0.39, 0.29) is 5.69 Å². The van der Waals surface area contributed by atoms with Crippen LogP contribution < -0.4 is 10.5 Å². The van der Waals surface area contributed by atoms with Crippen molar-refractivity contribution in [1.82, 2.24) is 9.71 Å². The van der Waals surface area contributed by atoms with Crippen molar-refractivity contribution in [3.05, 3.63) is 28.4 Å². The largest absolute Gasteiger partial charge is 0.480 e. The Hall–Kier alpha value is -1.71. The van der Waals surface area contributed by atoms with Gasteiger partial charge in [-0.15, -0.1) is 0 Å². The first-order chi connectivity index (χ1) is 9.52. The fraction of sp³-hybridized carbons (Fsp3) is 0.455. The number of carbonyl (C=O) groups is 1. The lowest BCUT2D eigenvalue weighted by atomic mass is 10.1. The smallest absolute Gasteiger partial charge is 0.320 e. The minimum atomic E-state index is -1.00. The first-order valence-corrected chi connectivity index (χ1v) is 6.81. The molecule has 20 heavy (non-hydrogen) atoms. The molecule has 0 amide bonds. The Bertz CT molecular complexity index is 471. The molecule has 110 valence electrons. The quantitative estimate of drug-likeness (QED) is 0.268. The van der Waals surface area contributed by atoms with Gasteiger partial charge < -0.3 is 10.8 Å². The molecular formula is C11H16N4O4S. The minimum Gasteiger partial charge on any atom is -0.480 e. The van der Waals surface area contributed by atoms with Gasteiger partial charge in [0.25, 0.3) is 0 Å². The Kier molecular flexibility index (Phi) is 6.91. The highest BCUT2D eigenvalue weighted by Crippen LogP contribution is 2.23. The summed E-state index contributed by atoms with van der Waals surface area (Å²) < 4.78 is 2.96. The summed E-state index contributed by atoms with van der Waals surface area (Å²) in [5, 5.41) is 19.7. The predicted octanol–water partition coefficient (Wildman–Crippen LogP) is 1.17. The van der Waals surface area contributed by atoms with Crippen LogP contribution in [-0.2, 0) is 4.79 Å². The maximum atomic E-state index is 10.8. The minimum absolute atomic E-state index is 0.0436. The molecule has 0 spiro atoms. The van der Waals surface area contributed by atoms with E-state index in [1.165, 1.54) is 18.3 Å². The van der Waals surface area contributed by atoms with Crippen molar-refractivity contribution in [3.8, 4) is 0 Å². The van der Waals surface area contributed by atoms with E-state index in [0.29, 0.717) is 24.4 Å². The van der Waals surface area contributed by atoms with Crippen LogP contribution in [0.15, 0.2) is 23.4 Å². The van der Waals surface area contributed by atoms with Crippen molar-refractivity contribution >= 4 is 23.6 Å². The van der Waals surface area contributed by atoms with Crippen molar-refractivity contribution in [2.24, 2.45) is 5.73 Å². The van der Waals surface area contributed by atoms with E-state index in [4.69, 9.17) is 10.8 Å². The van der Waals surface area contributed by atoms with Gasteiger partial charge in [-0.05, 0) is 30.9 Å². The number of nitro groups is 1. The summed E-state index contributed by atoms with van der Waals surface area (Å²) in [6.45, 7) is 0.588. The molecule has 0 aliphatic carbocycles. The van der Waals surface area contributed by atoms with E-state index >= 15 is 0 Å². The Balaban J connectivity index is 2.25. The zero-order valence-electron chi connectivity index (χ0n) is 10.7. The average Bonchev–Trinajstić information content (AvgIpc) is 2.42. The Labute approximate surface area is 120 Å². The van der Waals surface area contributed by atoms with Crippen LogP contribution in [-0.4, -0.2) is 33.6 Å². The molecule has 0 saturated carbocycles. The summed E-state index contributed by atoms with van der Waals surface area (Å²) in [5.41, 5.74) is 5.32. The summed E-state index contributed by atoms with van der Waals surface area (Å²) in [6, 6.07) is 2.07. The van der Waals surface area contributed by atoms with Crippen LogP contribution in [0.4, 0.5) is 5.69 Å². The summed E-state index contributed by atoms with van der Waals surface area (Å²) in [7, 11) is 0. The molecule has 4 N–H and O–H groups in total. The number of aromatic nitrogens is 1. The number of nitrogens with zero attached hydrogens (tertiary/aromatic N) is 2. The third kappa shape index (κ3) is 5.51. The van der Waals surface area contributed by atoms with Gasteiger partial charge in [0.15, 0.2) is 5.03 Å². The van der Waals surface area contributed by atoms with Crippen LogP contribution in [0.3, 0.4) is 0 Å². The maximum absolute atomic E-state index is 10.8. The molecule has 0 aliphatic heterocycles. The van der Waals surface area contributed by atoms with Gasteiger partial charge in [-0.1, -0.05) is 6.42 Å². The third-order valence-corrected chi connectivity index (χ3v) is 3.33. The van der Waals surface area contributed by atoms with Gasteiger partial charge in [-0.3, -0.25) is 19.6 Å². The van der Waals surface area contributed by atoms with Crippen molar-refractivity contribution in [3.63, 3.8) is 0 Å². The molecule has 0 aromatic carbocycles. The highest BCUT2D eigenvalue weighted by atomic mass is 32.2. The number of carboxylic acids is 1. The van der Waals surface area contributed by atoms with Crippen LogP contribution in [0.5, 0.6) is 0 Å². The second-order valence-electron chi connectivity index (χ2n) is 4.02. The lowest BCUT2D eigenvalue weighted by molar-refractivity contribution is -0.388. The van der Waals surface area contributed by atoms with E-state index in [2.05, 4.69) is 9.71 Å². The van der Waals surface area contributed by atoms with E-state index in [0.717, 1.165) is 18.4 Å². The summed E-state index contributed by atoms with van der Waals surface area (Å²) in [6.07, 6.45) is 3.30. The van der Waals surface area contributed by atoms with Gasteiger partial charge in [0.05, 0.1) is 4.92 Å². The maximum Gasteiger partial charge on any atom is 0.320 e. The third-order valence-electron chi connectivity index (χ3n) is 2.48. The SMILES string of the molecule is N[C@@H](CCCCNSc1ncccc1[N+](=O)[O-])C(=O)O. The molecule has 0 aliphatic rings. The zero-order valence-corrected chi connectivity index (χ0v) is 11.5. The number of nitrogens with two attached hydrogens (primary N) is 1. The van der Waals surface area contributed by atoms with Crippen molar-refractivity contribution < 1.29 is 14.8 Å². The van der Waals surface area contributed by atoms with Gasteiger partial charge in [-0.25, -0.2) is 4.98 Å². The fourth-order valence-electron chi connectivity index (χ4n) is 1.40. The van der Waals surface area contributed by atoms with Crippen molar-refractivity contribution in [2.75, 3.05) is 6.54 Å². The van der Waals surface area contributed by atoms with Crippen molar-refractivity contribution in [1.29, 1.82) is 0 Å². The van der Waals surface area contributed by atoms with Gasteiger partial charge in [0.1, 0.15) is 6.04 Å². The number of rotatable bonds is 9. The molecular weight excluding hydrogens is 284 g/mol. The number of aliphatic carboxylic acids is 1. The number of unbranched alkanes of at least 4 members (excludes halogenated alkanes) is 1. The molecule has 0 fully saturated rings. The molecule has 0 bridgehead atoms. The van der Waals surface area contributed by atoms with E-state index in [1.807, 2.05) is 0 Å². The Morgan fingerprint density at radius 3 is 3.00 bits per heavy atom. The van der Waals surface area contributed by atoms with Crippen molar-refractivity contribution in [2.45, 2.75) is 30.3 Å². The number of hydrogen-bond donors (Lipinski definition) is 3. The van der Waals surface area contributed by atoms with Gasteiger partial charge in [-0.2, -0.15) is 0 Å². The summed E-state index contributed by atoms with van der Waals surface area (Å²) in [4.78, 5) is 24.7. The molecule has 9 heteroatoms. The molecule has 1 rings (SSSR count). The number of pyridine rings is 1. The lowest BCUT2D eigenvalue weighted by Crippen LogP contribution is -2.29. The molecule has 1 aromatic heterocycles. The first-order valence-electron chi connectivity index (χ1n) is 6.00. The lowest BCUT2D eigenvalue weighted by Gasteiger charge is -2.06. The zero-order chi connectivity index (χ0) is 15.0. The second kappa shape index (κ2) is 8.46. The molecule has 0 unspecified atom stereocenters. The van der Waals surface area contributed by atoms with Gasteiger partial charge in [0, 0.05) is 18.8 Å². The predicted molar refractivity (Wildman–Crippen MR) is 74.2 cm³/mol. The summed E-state index contributed by atoms with van der Waals surface area (Å²) in [5.74, 6) is -1.00. The van der Waals surface area contributed by atoms with Gasteiger partial charge in [0.2, 0.25) is 0 Å². The molecule has 1 heterocycles. The van der Waals surface area contributed by atoms with Crippen LogP contribution >= 0.6 is 11.9 Å². The average molecular weight is 300 g/mol. The van der Waals surface area contributed by atoms with Crippen LogP contribution in [0.25, 0.3) is 0 Å². The number of hydrogen-bond acceptors (Lipinski definition) is 7. The molecule has 0 saturated heterocycles. The number of carboxylic acid groups (broad SMARTS) is 1. The van der Waals surface area contributed by atoms with Crippen LogP contribution in [0.1, 0.15) is 19.3 Å². The molecule has 1 aromatic rings. The van der Waals surface area contributed by atoms with E-state index in [1.54, 1.807) is 0 Å². The fourth-order valence-corrected chi connectivity index (χ4v) is 2.15.